The molecule has 96 valence electrons. The van der Waals surface area contributed by atoms with Crippen LogP contribution in [0.3, 0.4) is 0 Å². The number of rotatable bonds is 4. The lowest BCUT2D eigenvalue weighted by Crippen LogP contribution is -1.98. The molecule has 2 N–H and O–H groups in total. The fraction of sp³-hybridized carbons (Fsp3) is 0.400. The van der Waals surface area contributed by atoms with Gasteiger partial charge < -0.3 is 5.73 Å². The van der Waals surface area contributed by atoms with E-state index in [1.807, 2.05) is 25.2 Å². The Morgan fingerprint density at radius 2 is 1.94 bits per heavy atom. The first-order valence-electron chi connectivity index (χ1n) is 6.53. The van der Waals surface area contributed by atoms with Crippen LogP contribution in [0.1, 0.15) is 38.3 Å². The Labute approximate surface area is 109 Å². The van der Waals surface area contributed by atoms with E-state index in [1.165, 1.54) is 0 Å². The zero-order valence-electron chi connectivity index (χ0n) is 11.4. The molecule has 0 aliphatic rings. The number of anilines is 1. The Morgan fingerprint density at radius 1 is 1.28 bits per heavy atom. The van der Waals surface area contributed by atoms with Crippen molar-refractivity contribution in [2.24, 2.45) is 7.05 Å². The highest BCUT2D eigenvalue weighted by molar-refractivity contribution is 5.77. The maximum absolute atomic E-state index is 6.17. The van der Waals surface area contributed by atoms with Gasteiger partial charge in [0.1, 0.15) is 5.82 Å². The van der Waals surface area contributed by atoms with E-state index in [1.54, 1.807) is 4.68 Å². The second-order valence-corrected chi connectivity index (χ2v) is 4.82. The lowest BCUT2D eigenvalue weighted by molar-refractivity contribution is 0.627. The van der Waals surface area contributed by atoms with Crippen molar-refractivity contribution in [3.8, 4) is 11.1 Å². The standard InChI is InChI=1S/C15H21N3/c1-4-8-11(2)14-13(15(16)18(3)17-14)12-9-6-5-7-10-12/h5-7,9-11H,4,8,16H2,1-3H3. The van der Waals surface area contributed by atoms with Crippen LogP contribution in [0.2, 0.25) is 0 Å². The molecule has 1 atom stereocenters. The van der Waals surface area contributed by atoms with Gasteiger partial charge in [-0.2, -0.15) is 5.10 Å². The van der Waals surface area contributed by atoms with Crippen LogP contribution in [0.5, 0.6) is 0 Å². The number of benzene rings is 1. The smallest absolute Gasteiger partial charge is 0.129 e. The molecule has 0 saturated carbocycles. The summed E-state index contributed by atoms with van der Waals surface area (Å²) >= 11 is 0. The first kappa shape index (κ1) is 12.7. The Hall–Kier alpha value is -1.77. The molecule has 0 radical (unpaired) electrons. The number of aryl methyl sites for hydroxylation is 1. The highest BCUT2D eigenvalue weighted by atomic mass is 15.3. The van der Waals surface area contributed by atoms with Crippen LogP contribution in [-0.4, -0.2) is 9.78 Å². The fourth-order valence-corrected chi connectivity index (χ4v) is 2.37. The van der Waals surface area contributed by atoms with Gasteiger partial charge in [0.05, 0.1) is 5.69 Å². The molecule has 0 spiro atoms. The summed E-state index contributed by atoms with van der Waals surface area (Å²) in [5.41, 5.74) is 9.53. The number of nitrogen functional groups attached to an aromatic ring is 1. The SMILES string of the molecule is CCCC(C)c1nn(C)c(N)c1-c1ccccc1. The van der Waals surface area contributed by atoms with Crippen molar-refractivity contribution < 1.29 is 0 Å². The zero-order chi connectivity index (χ0) is 13.1. The summed E-state index contributed by atoms with van der Waals surface area (Å²) in [6.07, 6.45) is 2.29. The van der Waals surface area contributed by atoms with Crippen LogP contribution in [0.4, 0.5) is 5.82 Å². The third-order valence-corrected chi connectivity index (χ3v) is 3.37. The molecule has 0 fully saturated rings. The van der Waals surface area contributed by atoms with Crippen LogP contribution in [0.15, 0.2) is 30.3 Å². The Balaban J connectivity index is 2.52. The first-order chi connectivity index (χ1) is 8.65. The van der Waals surface area contributed by atoms with Crippen molar-refractivity contribution in [2.75, 3.05) is 5.73 Å². The summed E-state index contributed by atoms with van der Waals surface area (Å²) in [6.45, 7) is 4.42. The second kappa shape index (κ2) is 5.25. The quantitative estimate of drug-likeness (QED) is 0.892. The first-order valence-corrected chi connectivity index (χ1v) is 6.53. The van der Waals surface area contributed by atoms with Gasteiger partial charge in [0.2, 0.25) is 0 Å². The largest absolute Gasteiger partial charge is 0.383 e. The van der Waals surface area contributed by atoms with E-state index in [2.05, 4.69) is 31.1 Å². The fourth-order valence-electron chi connectivity index (χ4n) is 2.37. The zero-order valence-corrected chi connectivity index (χ0v) is 11.4. The van der Waals surface area contributed by atoms with Gasteiger partial charge in [-0.3, -0.25) is 4.68 Å². The van der Waals surface area contributed by atoms with Crippen LogP contribution in [0, 0.1) is 0 Å². The van der Waals surface area contributed by atoms with Crippen LogP contribution >= 0.6 is 0 Å². The lowest BCUT2D eigenvalue weighted by atomic mass is 9.95. The Bertz CT molecular complexity index is 514. The molecule has 1 aromatic heterocycles. The van der Waals surface area contributed by atoms with Crippen LogP contribution in [0.25, 0.3) is 11.1 Å². The van der Waals surface area contributed by atoms with Crippen LogP contribution in [-0.2, 0) is 7.05 Å². The third-order valence-electron chi connectivity index (χ3n) is 3.37. The van der Waals surface area contributed by atoms with Gasteiger partial charge in [-0.15, -0.1) is 0 Å². The Kier molecular flexibility index (Phi) is 3.70. The molecular formula is C15H21N3. The minimum absolute atomic E-state index is 0.439. The lowest BCUT2D eigenvalue weighted by Gasteiger charge is -2.10. The van der Waals surface area contributed by atoms with Gasteiger partial charge >= 0.3 is 0 Å². The number of aromatic nitrogens is 2. The normalized spacial score (nSPS) is 12.6. The van der Waals surface area contributed by atoms with Gasteiger partial charge in [0.25, 0.3) is 0 Å². The van der Waals surface area contributed by atoms with Crippen molar-refractivity contribution in [1.82, 2.24) is 9.78 Å². The molecule has 0 bridgehead atoms. The van der Waals surface area contributed by atoms with Crippen molar-refractivity contribution in [3.63, 3.8) is 0 Å². The number of nitrogens with zero attached hydrogens (tertiary/aromatic N) is 2. The maximum Gasteiger partial charge on any atom is 0.129 e. The van der Waals surface area contributed by atoms with Crippen molar-refractivity contribution in [1.29, 1.82) is 0 Å². The van der Waals surface area contributed by atoms with E-state index in [9.17, 15) is 0 Å². The predicted octanol–water partition coefficient (Wildman–Crippen LogP) is 3.57. The molecule has 1 heterocycles. The summed E-state index contributed by atoms with van der Waals surface area (Å²) in [5.74, 6) is 1.19. The highest BCUT2D eigenvalue weighted by Crippen LogP contribution is 2.34. The van der Waals surface area contributed by atoms with E-state index in [0.717, 1.165) is 35.5 Å². The third kappa shape index (κ3) is 2.26. The maximum atomic E-state index is 6.17. The van der Waals surface area contributed by atoms with E-state index >= 15 is 0 Å². The molecule has 0 aliphatic heterocycles. The molecule has 1 unspecified atom stereocenters. The Morgan fingerprint density at radius 3 is 2.56 bits per heavy atom. The van der Waals surface area contributed by atoms with Gasteiger partial charge in [0.15, 0.2) is 0 Å². The molecule has 3 nitrogen and oxygen atoms in total. The van der Waals surface area contributed by atoms with Crippen molar-refractivity contribution in [2.45, 2.75) is 32.6 Å². The summed E-state index contributed by atoms with van der Waals surface area (Å²) in [6, 6.07) is 10.3. The molecule has 0 amide bonds. The molecule has 2 aromatic rings. The van der Waals surface area contributed by atoms with E-state index in [-0.39, 0.29) is 0 Å². The monoisotopic (exact) mass is 243 g/mol. The molecule has 0 aliphatic carbocycles. The molecule has 18 heavy (non-hydrogen) atoms. The topological polar surface area (TPSA) is 43.8 Å². The molecule has 1 aromatic carbocycles. The summed E-state index contributed by atoms with van der Waals surface area (Å²) in [7, 11) is 1.91. The average Bonchev–Trinajstić information content (AvgIpc) is 2.67. The molecule has 2 rings (SSSR count). The summed E-state index contributed by atoms with van der Waals surface area (Å²) < 4.78 is 1.78. The second-order valence-electron chi connectivity index (χ2n) is 4.82. The highest BCUT2D eigenvalue weighted by Gasteiger charge is 2.19. The summed E-state index contributed by atoms with van der Waals surface area (Å²) in [5, 5.41) is 4.60. The average molecular weight is 243 g/mol. The van der Waals surface area contributed by atoms with Crippen molar-refractivity contribution in [3.05, 3.63) is 36.0 Å². The van der Waals surface area contributed by atoms with Gasteiger partial charge in [-0.1, -0.05) is 50.6 Å². The molecular weight excluding hydrogens is 222 g/mol. The minimum atomic E-state index is 0.439. The number of hydrogen-bond acceptors (Lipinski definition) is 2. The van der Waals surface area contributed by atoms with E-state index in [0.29, 0.717) is 5.92 Å². The van der Waals surface area contributed by atoms with Gasteiger partial charge in [-0.05, 0) is 12.0 Å². The molecule has 0 saturated heterocycles. The van der Waals surface area contributed by atoms with Crippen LogP contribution < -0.4 is 5.73 Å². The van der Waals surface area contributed by atoms with Gasteiger partial charge in [-0.25, -0.2) is 0 Å². The predicted molar refractivity (Wildman–Crippen MR) is 76.4 cm³/mol. The van der Waals surface area contributed by atoms with Gasteiger partial charge in [0, 0.05) is 18.5 Å². The number of nitrogens with two attached hydrogens (primary N) is 1. The van der Waals surface area contributed by atoms with Crippen molar-refractivity contribution >= 4 is 5.82 Å². The molecule has 3 heteroatoms. The van der Waals surface area contributed by atoms with E-state index < -0.39 is 0 Å². The number of hydrogen-bond donors (Lipinski definition) is 1. The summed E-state index contributed by atoms with van der Waals surface area (Å²) in [4.78, 5) is 0. The van der Waals surface area contributed by atoms with E-state index in [4.69, 9.17) is 5.73 Å². The minimum Gasteiger partial charge on any atom is -0.383 e.